The number of para-hydroxylation sites is 4. The Bertz CT molecular complexity index is 3590. The smallest absolute Gasteiger partial charge is 0.247 e. The van der Waals surface area contributed by atoms with Crippen LogP contribution in [0.4, 0.5) is 17.1 Å². The van der Waals surface area contributed by atoms with Crippen molar-refractivity contribution in [3.8, 4) is 5.69 Å². The van der Waals surface area contributed by atoms with Crippen molar-refractivity contribution >= 4 is 117 Å². The Labute approximate surface area is 363 Å². The van der Waals surface area contributed by atoms with Gasteiger partial charge in [-0.2, -0.15) is 0 Å². The average Bonchev–Trinajstić information content (AvgIpc) is 3.65. The maximum atomic E-state index is 2.66. The highest BCUT2D eigenvalue weighted by atomic mass is 15.2. The summed E-state index contributed by atoms with van der Waals surface area (Å²) in [5.74, 6) is 0.541. The van der Waals surface area contributed by atoms with Crippen molar-refractivity contribution in [3.63, 3.8) is 0 Å². The van der Waals surface area contributed by atoms with Crippen LogP contribution in [0.3, 0.4) is 0 Å². The second-order valence-electron chi connectivity index (χ2n) is 18.2. The topological polar surface area (TPSA) is 8.17 Å². The molecule has 0 unspecified atom stereocenters. The van der Waals surface area contributed by atoms with E-state index >= 15 is 0 Å². The minimum Gasteiger partial charge on any atom is -0.311 e. The average molecular weight is 791 g/mol. The molecule has 1 aromatic heterocycles. The van der Waals surface area contributed by atoms with Gasteiger partial charge in [-0.1, -0.05) is 196 Å². The maximum absolute atomic E-state index is 2.66. The molecule has 292 valence electrons. The van der Waals surface area contributed by atoms with E-state index < -0.39 is 0 Å². The normalized spacial score (nSPS) is 13.4. The molecule has 0 fully saturated rings. The highest BCUT2D eigenvalue weighted by Gasteiger charge is 2.42. The first kappa shape index (κ1) is 35.7. The van der Waals surface area contributed by atoms with E-state index in [0.717, 1.165) is 0 Å². The molecule has 0 amide bonds. The minimum atomic E-state index is 0.0725. The molecule has 0 spiro atoms. The Morgan fingerprint density at radius 2 is 0.871 bits per heavy atom. The van der Waals surface area contributed by atoms with Gasteiger partial charge >= 0.3 is 0 Å². The van der Waals surface area contributed by atoms with Gasteiger partial charge in [0.15, 0.2) is 0 Å². The van der Waals surface area contributed by atoms with E-state index in [4.69, 9.17) is 0 Å². The Morgan fingerprint density at radius 3 is 1.52 bits per heavy atom. The molecule has 0 saturated heterocycles. The van der Waals surface area contributed by atoms with Crippen LogP contribution in [0.25, 0.3) is 59.8 Å². The minimum absolute atomic E-state index is 0.0725. The highest BCUT2D eigenvalue weighted by Crippen LogP contribution is 2.50. The molecule has 4 heteroatoms. The van der Waals surface area contributed by atoms with Crippen LogP contribution >= 0.6 is 0 Å². The van der Waals surface area contributed by atoms with Gasteiger partial charge in [0.05, 0.1) is 5.52 Å². The number of fused-ring (bicyclic) bond motifs is 9. The zero-order valence-electron chi connectivity index (χ0n) is 35.5. The summed E-state index contributed by atoms with van der Waals surface area (Å²) >= 11 is 0. The van der Waals surface area contributed by atoms with Gasteiger partial charge in [0.1, 0.15) is 0 Å². The zero-order chi connectivity index (χ0) is 41.4. The third kappa shape index (κ3) is 4.67. The maximum Gasteiger partial charge on any atom is 0.247 e. The van der Waals surface area contributed by atoms with Crippen LogP contribution in [0.5, 0.6) is 0 Å². The first-order chi connectivity index (χ1) is 30.5. The van der Waals surface area contributed by atoms with Crippen molar-refractivity contribution in [3.05, 3.63) is 193 Å². The van der Waals surface area contributed by atoms with E-state index in [9.17, 15) is 0 Å². The number of hydrogen-bond donors (Lipinski definition) is 0. The Morgan fingerprint density at radius 1 is 0.387 bits per heavy atom. The van der Waals surface area contributed by atoms with Crippen molar-refractivity contribution in [1.29, 1.82) is 0 Å². The van der Waals surface area contributed by atoms with Crippen LogP contribution in [0, 0.1) is 0 Å². The number of aromatic nitrogens is 1. The summed E-state index contributed by atoms with van der Waals surface area (Å²) in [6.45, 7) is 9.81. The van der Waals surface area contributed by atoms with E-state index in [0.29, 0.717) is 0 Å². The molecule has 2 aliphatic heterocycles. The standard InChI is InChI=1S/C58H44B2N2/c1-35(2)50-42-32-34-45-53-43(51(36(3)4)55-58(45)62-48-29-16-14-25-40(48)41-26-18-28-47(56(41)62)60(55)38-21-10-6-11-22-38)31-33-44(52(42)53)57-54(50)59(37-19-8-5-9-20-37)46-27-15-17-30-49(46)61(57)39-23-12-7-13-24-39/h5-36H,1-4H3. The van der Waals surface area contributed by atoms with Crippen molar-refractivity contribution in [2.45, 2.75) is 39.5 Å². The molecule has 62 heavy (non-hydrogen) atoms. The lowest BCUT2D eigenvalue weighted by Gasteiger charge is -2.40. The van der Waals surface area contributed by atoms with Gasteiger partial charge in [-0.05, 0) is 90.6 Å². The first-order valence-electron chi connectivity index (χ1n) is 22.4. The molecule has 11 aromatic rings. The lowest BCUT2D eigenvalue weighted by atomic mass is 9.33. The number of rotatable bonds is 5. The number of nitrogens with zero attached hydrogens (tertiary/aromatic N) is 2. The Hall–Kier alpha value is -7.03. The predicted octanol–water partition coefficient (Wildman–Crippen LogP) is 11.1. The molecular formula is C58H44B2N2. The van der Waals surface area contributed by atoms with Gasteiger partial charge in [0.25, 0.3) is 0 Å². The van der Waals surface area contributed by atoms with Crippen molar-refractivity contribution in [2.75, 3.05) is 4.90 Å². The fraction of sp³-hybridized carbons (Fsp3) is 0.103. The number of benzene rings is 10. The van der Waals surface area contributed by atoms with Crippen LogP contribution in [-0.2, 0) is 0 Å². The third-order valence-corrected chi connectivity index (χ3v) is 14.3. The Balaban J connectivity index is 1.26. The molecular weight excluding hydrogens is 746 g/mol. The summed E-state index contributed by atoms with van der Waals surface area (Å²) in [5, 5.41) is 10.8. The Kier molecular flexibility index (Phi) is 7.62. The summed E-state index contributed by atoms with van der Waals surface area (Å²) in [5.41, 5.74) is 18.8. The van der Waals surface area contributed by atoms with Crippen LogP contribution in [0.2, 0.25) is 0 Å². The number of hydrogen-bond acceptors (Lipinski definition) is 1. The van der Waals surface area contributed by atoms with E-state index in [1.807, 2.05) is 0 Å². The van der Waals surface area contributed by atoms with Gasteiger partial charge in [-0.3, -0.25) is 0 Å². The molecule has 10 aromatic carbocycles. The fourth-order valence-electron chi connectivity index (χ4n) is 12.2. The van der Waals surface area contributed by atoms with Crippen LogP contribution in [-0.4, -0.2) is 18.0 Å². The monoisotopic (exact) mass is 790 g/mol. The van der Waals surface area contributed by atoms with Gasteiger partial charge in [-0.25, -0.2) is 0 Å². The zero-order valence-corrected chi connectivity index (χ0v) is 35.5. The van der Waals surface area contributed by atoms with Gasteiger partial charge in [-0.15, -0.1) is 0 Å². The largest absolute Gasteiger partial charge is 0.311 e. The van der Waals surface area contributed by atoms with E-state index in [-0.39, 0.29) is 25.3 Å². The summed E-state index contributed by atoms with van der Waals surface area (Å²) < 4.78 is 2.66. The summed E-state index contributed by atoms with van der Waals surface area (Å²) in [6, 6.07) is 68.8. The van der Waals surface area contributed by atoms with E-state index in [2.05, 4.69) is 219 Å². The summed E-state index contributed by atoms with van der Waals surface area (Å²) in [6.07, 6.45) is 0. The van der Waals surface area contributed by atoms with Crippen molar-refractivity contribution in [1.82, 2.24) is 4.57 Å². The molecule has 3 heterocycles. The second kappa shape index (κ2) is 13.2. The number of anilines is 3. The van der Waals surface area contributed by atoms with Crippen molar-refractivity contribution < 1.29 is 0 Å². The molecule has 0 saturated carbocycles. The summed E-state index contributed by atoms with van der Waals surface area (Å²) in [7, 11) is 0. The van der Waals surface area contributed by atoms with Crippen LogP contribution < -0.4 is 37.7 Å². The van der Waals surface area contributed by atoms with E-state index in [1.165, 1.54) is 121 Å². The summed E-state index contributed by atoms with van der Waals surface area (Å²) in [4.78, 5) is 2.59. The van der Waals surface area contributed by atoms with E-state index in [1.54, 1.807) is 0 Å². The lowest BCUT2D eigenvalue weighted by Crippen LogP contribution is -2.58. The molecule has 0 bridgehead atoms. The van der Waals surface area contributed by atoms with Crippen LogP contribution in [0.1, 0.15) is 50.7 Å². The molecule has 13 rings (SSSR count). The van der Waals surface area contributed by atoms with Gasteiger partial charge in [0.2, 0.25) is 13.4 Å². The highest BCUT2D eigenvalue weighted by molar-refractivity contribution is 6.99. The molecule has 0 N–H and O–H groups in total. The predicted molar refractivity (Wildman–Crippen MR) is 270 cm³/mol. The second-order valence-corrected chi connectivity index (χ2v) is 18.2. The molecule has 0 radical (unpaired) electrons. The van der Waals surface area contributed by atoms with Gasteiger partial charge in [0, 0.05) is 49.8 Å². The van der Waals surface area contributed by atoms with Crippen molar-refractivity contribution in [2.24, 2.45) is 0 Å². The third-order valence-electron chi connectivity index (χ3n) is 14.3. The first-order valence-corrected chi connectivity index (χ1v) is 22.4. The molecule has 2 aliphatic rings. The fourth-order valence-corrected chi connectivity index (χ4v) is 12.2. The lowest BCUT2D eigenvalue weighted by molar-refractivity contribution is 0.880. The SMILES string of the molecule is CC(C)c1c2c(c3ccc4c(C(C)C)c5c(c6ccc1c3c46)-n1c3ccccc3c3cccc(c31)B5c1ccccc1)N(c1ccccc1)c1ccccc1B2c1ccccc1. The molecule has 0 atom stereocenters. The van der Waals surface area contributed by atoms with Gasteiger partial charge < -0.3 is 9.47 Å². The molecule has 2 nitrogen and oxygen atoms in total. The molecule has 0 aliphatic carbocycles. The van der Waals surface area contributed by atoms with Crippen LogP contribution in [0.15, 0.2) is 182 Å². The quantitative estimate of drug-likeness (QED) is 0.125.